The molecule has 1 N–H and O–H groups in total. The molecule has 0 radical (unpaired) electrons. The second-order valence-electron chi connectivity index (χ2n) is 6.41. The molecule has 112 valence electrons. The zero-order chi connectivity index (χ0) is 13.9. The zero-order valence-electron chi connectivity index (χ0n) is 13.3. The van der Waals surface area contributed by atoms with Crippen LogP contribution < -0.4 is 5.32 Å². The standard InChI is InChI=1S/C18H35N/c1-4-7-8-10-17-14-16(9-5-2)11-12-18(17)15-19-13-6-3/h4,16-19H,1,5-15H2,2-3H3. The molecule has 0 amide bonds. The summed E-state index contributed by atoms with van der Waals surface area (Å²) in [6, 6.07) is 0. The van der Waals surface area contributed by atoms with Crippen molar-refractivity contribution in [3.63, 3.8) is 0 Å². The second-order valence-corrected chi connectivity index (χ2v) is 6.41. The second kappa shape index (κ2) is 10.5. The number of rotatable bonds is 10. The Hall–Kier alpha value is -0.300. The van der Waals surface area contributed by atoms with E-state index < -0.39 is 0 Å². The van der Waals surface area contributed by atoms with E-state index >= 15 is 0 Å². The van der Waals surface area contributed by atoms with E-state index in [9.17, 15) is 0 Å². The lowest BCUT2D eigenvalue weighted by molar-refractivity contribution is 0.158. The third-order valence-corrected chi connectivity index (χ3v) is 4.76. The fourth-order valence-corrected chi connectivity index (χ4v) is 3.71. The van der Waals surface area contributed by atoms with Gasteiger partial charge in [0.25, 0.3) is 0 Å². The van der Waals surface area contributed by atoms with Crippen molar-refractivity contribution in [2.75, 3.05) is 13.1 Å². The van der Waals surface area contributed by atoms with Gasteiger partial charge in [-0.05, 0) is 69.4 Å². The lowest BCUT2D eigenvalue weighted by atomic mass is 9.71. The topological polar surface area (TPSA) is 12.0 Å². The van der Waals surface area contributed by atoms with Crippen LogP contribution in [0, 0.1) is 17.8 Å². The molecule has 0 aromatic rings. The normalized spacial score (nSPS) is 27.4. The highest BCUT2D eigenvalue weighted by Gasteiger charge is 2.29. The molecule has 1 aliphatic carbocycles. The SMILES string of the molecule is C=CCCCC1CC(CCC)CCC1CNCCC. The number of allylic oxidation sites excluding steroid dienone is 1. The molecule has 1 saturated carbocycles. The van der Waals surface area contributed by atoms with Gasteiger partial charge in [0, 0.05) is 0 Å². The fraction of sp³-hybridized carbons (Fsp3) is 0.889. The third-order valence-electron chi connectivity index (χ3n) is 4.76. The van der Waals surface area contributed by atoms with Gasteiger partial charge in [-0.15, -0.1) is 6.58 Å². The van der Waals surface area contributed by atoms with Crippen molar-refractivity contribution in [1.29, 1.82) is 0 Å². The van der Waals surface area contributed by atoms with Crippen molar-refractivity contribution >= 4 is 0 Å². The quantitative estimate of drug-likeness (QED) is 0.424. The summed E-state index contributed by atoms with van der Waals surface area (Å²) in [6.07, 6.45) is 14.5. The zero-order valence-corrected chi connectivity index (χ0v) is 13.3. The minimum atomic E-state index is 0.935. The Morgan fingerprint density at radius 2 is 1.95 bits per heavy atom. The van der Waals surface area contributed by atoms with Crippen molar-refractivity contribution in [3.8, 4) is 0 Å². The first-order chi connectivity index (χ1) is 9.31. The molecule has 19 heavy (non-hydrogen) atoms. The van der Waals surface area contributed by atoms with E-state index in [4.69, 9.17) is 0 Å². The van der Waals surface area contributed by atoms with Gasteiger partial charge in [-0.1, -0.05) is 39.2 Å². The summed E-state index contributed by atoms with van der Waals surface area (Å²) in [6.45, 7) is 10.9. The van der Waals surface area contributed by atoms with Crippen LogP contribution in [-0.2, 0) is 0 Å². The molecule has 0 spiro atoms. The van der Waals surface area contributed by atoms with E-state index in [-0.39, 0.29) is 0 Å². The van der Waals surface area contributed by atoms with Gasteiger partial charge < -0.3 is 5.32 Å². The molecule has 1 rings (SSSR count). The highest BCUT2D eigenvalue weighted by molar-refractivity contribution is 4.82. The highest BCUT2D eigenvalue weighted by atomic mass is 14.9. The van der Waals surface area contributed by atoms with E-state index in [0.717, 1.165) is 17.8 Å². The minimum Gasteiger partial charge on any atom is -0.316 e. The average molecular weight is 265 g/mol. The fourth-order valence-electron chi connectivity index (χ4n) is 3.71. The lowest BCUT2D eigenvalue weighted by Gasteiger charge is -2.36. The first-order valence-corrected chi connectivity index (χ1v) is 8.63. The van der Waals surface area contributed by atoms with Gasteiger partial charge in [0.15, 0.2) is 0 Å². The maximum Gasteiger partial charge on any atom is -0.00179 e. The maximum atomic E-state index is 3.86. The molecule has 0 heterocycles. The first kappa shape index (κ1) is 16.8. The van der Waals surface area contributed by atoms with Crippen molar-refractivity contribution in [1.82, 2.24) is 5.32 Å². The van der Waals surface area contributed by atoms with E-state index in [0.29, 0.717) is 0 Å². The predicted octanol–water partition coefficient (Wildman–Crippen LogP) is 5.17. The van der Waals surface area contributed by atoms with Gasteiger partial charge in [-0.3, -0.25) is 0 Å². The Bertz CT molecular complexity index is 224. The monoisotopic (exact) mass is 265 g/mol. The van der Waals surface area contributed by atoms with Gasteiger partial charge in [0.05, 0.1) is 0 Å². The van der Waals surface area contributed by atoms with Crippen LogP contribution in [0.25, 0.3) is 0 Å². The van der Waals surface area contributed by atoms with E-state index in [2.05, 4.69) is 31.8 Å². The van der Waals surface area contributed by atoms with Crippen LogP contribution in [0.15, 0.2) is 12.7 Å². The van der Waals surface area contributed by atoms with Crippen molar-refractivity contribution in [2.24, 2.45) is 17.8 Å². The van der Waals surface area contributed by atoms with Crippen LogP contribution in [0.1, 0.15) is 71.6 Å². The average Bonchev–Trinajstić information content (AvgIpc) is 2.42. The summed E-state index contributed by atoms with van der Waals surface area (Å²) in [5.41, 5.74) is 0. The highest BCUT2D eigenvalue weighted by Crippen LogP contribution is 2.38. The summed E-state index contributed by atoms with van der Waals surface area (Å²) in [5, 5.41) is 3.65. The summed E-state index contributed by atoms with van der Waals surface area (Å²) >= 11 is 0. The van der Waals surface area contributed by atoms with Gasteiger partial charge in [-0.2, -0.15) is 0 Å². The molecule has 1 nitrogen and oxygen atoms in total. The molecular formula is C18H35N. The molecule has 1 fully saturated rings. The van der Waals surface area contributed by atoms with Crippen molar-refractivity contribution < 1.29 is 0 Å². The molecular weight excluding hydrogens is 230 g/mol. The first-order valence-electron chi connectivity index (χ1n) is 8.63. The van der Waals surface area contributed by atoms with Crippen LogP contribution in [0.4, 0.5) is 0 Å². The van der Waals surface area contributed by atoms with Crippen LogP contribution in [0.5, 0.6) is 0 Å². The molecule has 0 saturated heterocycles. The molecule has 1 aliphatic rings. The van der Waals surface area contributed by atoms with Crippen molar-refractivity contribution in [2.45, 2.75) is 71.6 Å². The molecule has 1 heteroatoms. The summed E-state index contributed by atoms with van der Waals surface area (Å²) in [4.78, 5) is 0. The van der Waals surface area contributed by atoms with Crippen LogP contribution in [0.3, 0.4) is 0 Å². The van der Waals surface area contributed by atoms with Gasteiger partial charge in [0.2, 0.25) is 0 Å². The van der Waals surface area contributed by atoms with Crippen LogP contribution in [-0.4, -0.2) is 13.1 Å². The summed E-state index contributed by atoms with van der Waals surface area (Å²) < 4.78 is 0. The van der Waals surface area contributed by atoms with Crippen molar-refractivity contribution in [3.05, 3.63) is 12.7 Å². The Kier molecular flexibility index (Phi) is 9.24. The summed E-state index contributed by atoms with van der Waals surface area (Å²) in [5.74, 6) is 2.92. The van der Waals surface area contributed by atoms with Gasteiger partial charge >= 0.3 is 0 Å². The number of nitrogens with one attached hydrogen (secondary N) is 1. The molecule has 0 aromatic carbocycles. The third kappa shape index (κ3) is 6.61. The predicted molar refractivity (Wildman–Crippen MR) is 86.4 cm³/mol. The van der Waals surface area contributed by atoms with E-state index in [1.807, 2.05) is 0 Å². The van der Waals surface area contributed by atoms with Gasteiger partial charge in [-0.25, -0.2) is 0 Å². The van der Waals surface area contributed by atoms with Crippen LogP contribution in [0.2, 0.25) is 0 Å². The molecule has 0 bridgehead atoms. The smallest absolute Gasteiger partial charge is 0.00179 e. The Balaban J connectivity index is 2.39. The van der Waals surface area contributed by atoms with Crippen LogP contribution >= 0.6 is 0 Å². The largest absolute Gasteiger partial charge is 0.316 e. The molecule has 0 aliphatic heterocycles. The molecule has 3 unspecified atom stereocenters. The summed E-state index contributed by atoms with van der Waals surface area (Å²) in [7, 11) is 0. The van der Waals surface area contributed by atoms with E-state index in [1.165, 1.54) is 70.9 Å². The minimum absolute atomic E-state index is 0.935. The Morgan fingerprint density at radius 3 is 2.63 bits per heavy atom. The number of unbranched alkanes of at least 4 members (excludes halogenated alkanes) is 1. The van der Waals surface area contributed by atoms with E-state index in [1.54, 1.807) is 0 Å². The number of hydrogen-bond acceptors (Lipinski definition) is 1. The van der Waals surface area contributed by atoms with Gasteiger partial charge in [0.1, 0.15) is 0 Å². The Labute approximate surface area is 121 Å². The Morgan fingerprint density at radius 1 is 1.11 bits per heavy atom. The molecule has 0 aromatic heterocycles. The number of hydrogen-bond donors (Lipinski definition) is 1. The molecule has 3 atom stereocenters. The lowest BCUT2D eigenvalue weighted by Crippen LogP contribution is -2.33. The maximum absolute atomic E-state index is 3.86.